The van der Waals surface area contributed by atoms with Crippen LogP contribution in [0.15, 0.2) is 83.8 Å². The van der Waals surface area contributed by atoms with Crippen LogP contribution in [0, 0.1) is 10.1 Å². The minimum Gasteiger partial charge on any atom is -0.258 e. The van der Waals surface area contributed by atoms with Gasteiger partial charge in [0, 0.05) is 30.1 Å². The molecule has 0 aromatic heterocycles. The SMILES string of the molecule is CCC1(CC)CC(c2ccccc2-c2ccccc2)CN1S(=O)(=O)c1ccc([N+](=O)[O-])cc1. The van der Waals surface area contributed by atoms with Crippen molar-refractivity contribution in [1.29, 1.82) is 0 Å². The largest absolute Gasteiger partial charge is 0.269 e. The molecule has 0 spiro atoms. The summed E-state index contributed by atoms with van der Waals surface area (Å²) in [5.41, 5.74) is 2.76. The van der Waals surface area contributed by atoms with Gasteiger partial charge in [-0.15, -0.1) is 0 Å². The highest BCUT2D eigenvalue weighted by Crippen LogP contribution is 2.47. The molecule has 3 aromatic carbocycles. The molecular weight excluding hydrogens is 436 g/mol. The second-order valence-electron chi connectivity index (χ2n) is 8.57. The fraction of sp³-hybridized carbons (Fsp3) is 0.308. The van der Waals surface area contributed by atoms with Gasteiger partial charge in [-0.3, -0.25) is 10.1 Å². The molecule has 1 saturated heterocycles. The Balaban J connectivity index is 1.75. The van der Waals surface area contributed by atoms with E-state index in [0.29, 0.717) is 19.4 Å². The van der Waals surface area contributed by atoms with Gasteiger partial charge in [-0.2, -0.15) is 4.31 Å². The van der Waals surface area contributed by atoms with E-state index in [0.717, 1.165) is 23.1 Å². The summed E-state index contributed by atoms with van der Waals surface area (Å²) >= 11 is 0. The number of rotatable bonds is 7. The zero-order valence-corrected chi connectivity index (χ0v) is 19.7. The first-order valence-corrected chi connectivity index (χ1v) is 12.7. The van der Waals surface area contributed by atoms with Gasteiger partial charge in [0.15, 0.2) is 0 Å². The third-order valence-electron chi connectivity index (χ3n) is 6.98. The maximum Gasteiger partial charge on any atom is 0.269 e. The van der Waals surface area contributed by atoms with Gasteiger partial charge < -0.3 is 0 Å². The molecule has 1 atom stereocenters. The van der Waals surface area contributed by atoms with Crippen LogP contribution in [-0.4, -0.2) is 29.7 Å². The molecule has 7 heteroatoms. The molecule has 1 unspecified atom stereocenters. The standard InChI is InChI=1S/C26H28N2O4S/c1-3-26(4-2)18-21(25-13-9-8-12-24(25)20-10-6-5-7-11-20)19-27(26)33(31,32)23-16-14-22(15-17-23)28(29)30/h5-17,21H,3-4,18-19H2,1-2H3. The fourth-order valence-electron chi connectivity index (χ4n) is 5.07. The van der Waals surface area contributed by atoms with Crippen molar-refractivity contribution in [3.8, 4) is 11.1 Å². The molecule has 1 heterocycles. The first kappa shape index (κ1) is 23.1. The van der Waals surface area contributed by atoms with Crippen molar-refractivity contribution in [2.75, 3.05) is 6.54 Å². The molecule has 3 aromatic rings. The van der Waals surface area contributed by atoms with E-state index in [-0.39, 0.29) is 16.5 Å². The highest BCUT2D eigenvalue weighted by atomic mass is 32.2. The lowest BCUT2D eigenvalue weighted by Gasteiger charge is -2.36. The molecule has 6 nitrogen and oxygen atoms in total. The second kappa shape index (κ2) is 9.08. The average Bonchev–Trinajstić information content (AvgIpc) is 3.26. The first-order valence-electron chi connectivity index (χ1n) is 11.2. The lowest BCUT2D eigenvalue weighted by Crippen LogP contribution is -2.46. The lowest BCUT2D eigenvalue weighted by atomic mass is 9.83. The maximum absolute atomic E-state index is 13.7. The predicted octanol–water partition coefficient (Wildman–Crippen LogP) is 6.00. The van der Waals surface area contributed by atoms with E-state index in [1.807, 2.05) is 44.2 Å². The van der Waals surface area contributed by atoms with Crippen LogP contribution in [0.3, 0.4) is 0 Å². The van der Waals surface area contributed by atoms with Crippen LogP contribution in [0.2, 0.25) is 0 Å². The summed E-state index contributed by atoms with van der Waals surface area (Å²) in [4.78, 5) is 10.6. The van der Waals surface area contributed by atoms with Crippen LogP contribution in [0.5, 0.6) is 0 Å². The molecule has 0 amide bonds. The smallest absolute Gasteiger partial charge is 0.258 e. The lowest BCUT2D eigenvalue weighted by molar-refractivity contribution is -0.384. The van der Waals surface area contributed by atoms with Crippen molar-refractivity contribution >= 4 is 15.7 Å². The van der Waals surface area contributed by atoms with Crippen molar-refractivity contribution in [2.45, 2.75) is 49.5 Å². The second-order valence-corrected chi connectivity index (χ2v) is 10.4. The number of non-ortho nitro benzene ring substituents is 1. The van der Waals surface area contributed by atoms with Gasteiger partial charge >= 0.3 is 0 Å². The van der Waals surface area contributed by atoms with Gasteiger partial charge in [-0.25, -0.2) is 8.42 Å². The molecular formula is C26H28N2O4S. The molecule has 1 fully saturated rings. The van der Waals surface area contributed by atoms with Crippen molar-refractivity contribution in [3.05, 3.63) is 94.5 Å². The molecule has 0 bridgehead atoms. The van der Waals surface area contributed by atoms with Crippen LogP contribution >= 0.6 is 0 Å². The third kappa shape index (κ3) is 4.18. The van der Waals surface area contributed by atoms with Crippen LogP contribution in [0.1, 0.15) is 44.6 Å². The summed E-state index contributed by atoms with van der Waals surface area (Å²) in [6.07, 6.45) is 2.12. The third-order valence-corrected chi connectivity index (χ3v) is 8.96. The normalized spacial score (nSPS) is 18.3. The highest BCUT2D eigenvalue weighted by Gasteiger charge is 2.49. The summed E-state index contributed by atoms with van der Waals surface area (Å²) in [6.45, 7) is 4.45. The number of hydrogen-bond acceptors (Lipinski definition) is 4. The molecule has 33 heavy (non-hydrogen) atoms. The van der Waals surface area contributed by atoms with E-state index in [1.165, 1.54) is 24.3 Å². The van der Waals surface area contributed by atoms with Gasteiger partial charge in [-0.1, -0.05) is 68.4 Å². The van der Waals surface area contributed by atoms with Gasteiger partial charge in [0.25, 0.3) is 5.69 Å². The Bertz CT molecular complexity index is 1240. The Morgan fingerprint density at radius 3 is 2.15 bits per heavy atom. The van der Waals surface area contributed by atoms with E-state index >= 15 is 0 Å². The van der Waals surface area contributed by atoms with Crippen LogP contribution < -0.4 is 0 Å². The van der Waals surface area contributed by atoms with E-state index in [1.54, 1.807) is 4.31 Å². The minimum absolute atomic E-state index is 0.0501. The van der Waals surface area contributed by atoms with Gasteiger partial charge in [0.2, 0.25) is 10.0 Å². The monoisotopic (exact) mass is 464 g/mol. The van der Waals surface area contributed by atoms with Crippen molar-refractivity contribution in [2.24, 2.45) is 0 Å². The Kier molecular flexibility index (Phi) is 6.36. The number of nitrogens with zero attached hydrogens (tertiary/aromatic N) is 2. The van der Waals surface area contributed by atoms with Crippen molar-refractivity contribution < 1.29 is 13.3 Å². The number of nitro benzene ring substituents is 1. The number of nitro groups is 1. The quantitative estimate of drug-likeness (QED) is 0.317. The zero-order chi connectivity index (χ0) is 23.6. The Morgan fingerprint density at radius 1 is 0.939 bits per heavy atom. The highest BCUT2D eigenvalue weighted by molar-refractivity contribution is 7.89. The Labute approximate surface area is 195 Å². The molecule has 1 aliphatic heterocycles. The Hall–Kier alpha value is -3.03. The summed E-state index contributed by atoms with van der Waals surface area (Å²) < 4.78 is 29.1. The number of benzene rings is 3. The van der Waals surface area contributed by atoms with Crippen LogP contribution in [0.4, 0.5) is 5.69 Å². The average molecular weight is 465 g/mol. The summed E-state index contributed by atoms with van der Waals surface area (Å²) in [5, 5.41) is 11.0. The number of hydrogen-bond donors (Lipinski definition) is 0. The predicted molar refractivity (Wildman–Crippen MR) is 130 cm³/mol. The fourth-order valence-corrected chi connectivity index (χ4v) is 7.03. The molecule has 4 rings (SSSR count). The molecule has 172 valence electrons. The topological polar surface area (TPSA) is 80.5 Å². The molecule has 0 aliphatic carbocycles. The molecule has 0 radical (unpaired) electrons. The first-order chi connectivity index (χ1) is 15.8. The van der Waals surface area contributed by atoms with E-state index in [2.05, 4.69) is 24.3 Å². The van der Waals surface area contributed by atoms with Crippen LogP contribution in [0.25, 0.3) is 11.1 Å². The van der Waals surface area contributed by atoms with E-state index < -0.39 is 20.5 Å². The van der Waals surface area contributed by atoms with Crippen molar-refractivity contribution in [3.63, 3.8) is 0 Å². The number of sulfonamides is 1. The summed E-state index contributed by atoms with van der Waals surface area (Å²) in [7, 11) is -3.82. The summed E-state index contributed by atoms with van der Waals surface area (Å²) in [5.74, 6) is 0.0501. The van der Waals surface area contributed by atoms with Gasteiger partial charge in [-0.05, 0) is 48.1 Å². The minimum atomic E-state index is -3.82. The molecule has 0 saturated carbocycles. The van der Waals surface area contributed by atoms with Crippen LogP contribution in [-0.2, 0) is 10.0 Å². The van der Waals surface area contributed by atoms with Gasteiger partial charge in [0.1, 0.15) is 0 Å². The van der Waals surface area contributed by atoms with Gasteiger partial charge in [0.05, 0.1) is 9.82 Å². The van der Waals surface area contributed by atoms with E-state index in [9.17, 15) is 18.5 Å². The Morgan fingerprint density at radius 2 is 1.55 bits per heavy atom. The molecule has 0 N–H and O–H groups in total. The molecule has 1 aliphatic rings. The van der Waals surface area contributed by atoms with Crippen molar-refractivity contribution in [1.82, 2.24) is 4.31 Å². The zero-order valence-electron chi connectivity index (χ0n) is 18.8. The maximum atomic E-state index is 13.7. The van der Waals surface area contributed by atoms with E-state index in [4.69, 9.17) is 0 Å². The summed E-state index contributed by atoms with van der Waals surface area (Å²) in [6, 6.07) is 23.6.